The molecule has 2 unspecified atom stereocenters. The molecule has 2 heterocycles. The van der Waals surface area contributed by atoms with Gasteiger partial charge in [-0.15, -0.1) is 0 Å². The molecule has 1 fully saturated rings. The average molecular weight is 527 g/mol. The van der Waals surface area contributed by atoms with Gasteiger partial charge in [0.15, 0.2) is 15.7 Å². The molecule has 1 N–H and O–H groups in total. The van der Waals surface area contributed by atoms with Crippen LogP contribution in [0.3, 0.4) is 0 Å². The van der Waals surface area contributed by atoms with E-state index in [1.807, 2.05) is 12.4 Å². The summed E-state index contributed by atoms with van der Waals surface area (Å²) in [4.78, 5) is 21.3. The van der Waals surface area contributed by atoms with Crippen molar-refractivity contribution in [2.45, 2.75) is 76.0 Å². The molecule has 2 aromatic heterocycles. The van der Waals surface area contributed by atoms with Gasteiger partial charge in [-0.2, -0.15) is 4.98 Å². The number of rotatable bonds is 8. The van der Waals surface area contributed by atoms with Gasteiger partial charge in [0.1, 0.15) is 17.9 Å². The number of nitrogens with one attached hydrogen (secondary N) is 1. The molecular formula is C27H34N4O5S. The average Bonchev–Trinajstić information content (AvgIpc) is 3.25. The molecule has 2 atom stereocenters. The number of pyridine rings is 1. The highest BCUT2D eigenvalue weighted by Crippen LogP contribution is 2.43. The standard InChI is InChI=1S/C27H34N4O5S/c1-17-12-21(35-5)13-18(2)26(17)37(33,34)16-23-30-25(36-31-23)14-24(32)29-22-7-6-20(15-27(22,3)4)19-8-10-28-11-9-19/h8-13,20,22H,6-7,14-16H2,1-5H3,(H,29,32). The minimum absolute atomic E-state index is 0.0156. The van der Waals surface area contributed by atoms with Crippen molar-refractivity contribution in [3.05, 3.63) is 65.1 Å². The number of carbonyl (C=O) groups is 1. The van der Waals surface area contributed by atoms with E-state index in [4.69, 9.17) is 9.26 Å². The van der Waals surface area contributed by atoms with Gasteiger partial charge in [-0.3, -0.25) is 9.78 Å². The molecule has 198 valence electrons. The van der Waals surface area contributed by atoms with E-state index in [0.717, 1.165) is 19.3 Å². The van der Waals surface area contributed by atoms with Crippen LogP contribution in [0.1, 0.15) is 67.4 Å². The van der Waals surface area contributed by atoms with Gasteiger partial charge in [-0.1, -0.05) is 19.0 Å². The molecule has 1 aliphatic rings. The quantitative estimate of drug-likeness (QED) is 0.465. The van der Waals surface area contributed by atoms with E-state index < -0.39 is 15.6 Å². The second kappa shape index (κ2) is 10.6. The van der Waals surface area contributed by atoms with Crippen LogP contribution >= 0.6 is 0 Å². The van der Waals surface area contributed by atoms with Gasteiger partial charge < -0.3 is 14.6 Å². The number of benzene rings is 1. The molecule has 0 aliphatic heterocycles. The summed E-state index contributed by atoms with van der Waals surface area (Å²) in [5.74, 6) is 0.503. The number of ether oxygens (including phenoxy) is 1. The highest BCUT2D eigenvalue weighted by molar-refractivity contribution is 7.90. The maximum Gasteiger partial charge on any atom is 0.236 e. The van der Waals surface area contributed by atoms with E-state index in [0.29, 0.717) is 22.8 Å². The van der Waals surface area contributed by atoms with Crippen LogP contribution in [0.25, 0.3) is 0 Å². The van der Waals surface area contributed by atoms with Crippen LogP contribution in [0.4, 0.5) is 0 Å². The van der Waals surface area contributed by atoms with E-state index >= 15 is 0 Å². The fourth-order valence-corrected chi connectivity index (χ4v) is 7.09. The zero-order valence-electron chi connectivity index (χ0n) is 21.9. The van der Waals surface area contributed by atoms with Crippen LogP contribution in [-0.4, -0.2) is 42.6 Å². The number of carbonyl (C=O) groups excluding carboxylic acids is 1. The van der Waals surface area contributed by atoms with Gasteiger partial charge in [0, 0.05) is 18.4 Å². The fraction of sp³-hybridized carbons (Fsp3) is 0.481. The first-order chi connectivity index (χ1) is 17.5. The lowest BCUT2D eigenvalue weighted by Crippen LogP contribution is -2.48. The molecule has 0 bridgehead atoms. The van der Waals surface area contributed by atoms with Gasteiger partial charge in [0.05, 0.1) is 12.0 Å². The molecule has 1 amide bonds. The minimum Gasteiger partial charge on any atom is -0.497 e. The Balaban J connectivity index is 1.37. The fourth-order valence-electron chi connectivity index (χ4n) is 5.39. The second-order valence-corrected chi connectivity index (χ2v) is 12.4. The topological polar surface area (TPSA) is 124 Å². The van der Waals surface area contributed by atoms with Crippen molar-refractivity contribution in [2.24, 2.45) is 5.41 Å². The minimum atomic E-state index is -3.73. The SMILES string of the molecule is COc1cc(C)c(S(=O)(=O)Cc2noc(CC(=O)NC3CCC(c4ccncc4)CC3(C)C)n2)c(C)c1. The number of aryl methyl sites for hydroxylation is 2. The van der Waals surface area contributed by atoms with Gasteiger partial charge in [0.25, 0.3) is 0 Å². The zero-order chi connectivity index (χ0) is 26.8. The normalized spacial score (nSPS) is 19.4. The summed E-state index contributed by atoms with van der Waals surface area (Å²) >= 11 is 0. The highest BCUT2D eigenvalue weighted by atomic mass is 32.2. The van der Waals surface area contributed by atoms with Gasteiger partial charge in [-0.05, 0) is 85.4 Å². The van der Waals surface area contributed by atoms with Crippen LogP contribution in [0.2, 0.25) is 0 Å². The molecule has 4 rings (SSSR count). The Hall–Kier alpha value is -3.27. The number of amides is 1. The van der Waals surface area contributed by atoms with Crippen molar-refractivity contribution in [3.8, 4) is 5.75 Å². The number of nitrogens with zero attached hydrogens (tertiary/aromatic N) is 3. The van der Waals surface area contributed by atoms with Gasteiger partial charge in [0.2, 0.25) is 11.8 Å². The number of methoxy groups -OCH3 is 1. The second-order valence-electron chi connectivity index (χ2n) is 10.5. The van der Waals surface area contributed by atoms with Crippen molar-refractivity contribution in [1.29, 1.82) is 0 Å². The lowest BCUT2D eigenvalue weighted by atomic mass is 9.67. The third-order valence-electron chi connectivity index (χ3n) is 7.15. The summed E-state index contributed by atoms with van der Waals surface area (Å²) in [6.07, 6.45) is 6.33. The van der Waals surface area contributed by atoms with E-state index in [9.17, 15) is 13.2 Å². The van der Waals surface area contributed by atoms with Crippen molar-refractivity contribution in [1.82, 2.24) is 20.4 Å². The summed E-state index contributed by atoms with van der Waals surface area (Å²) in [7, 11) is -2.19. The Morgan fingerprint density at radius 3 is 2.46 bits per heavy atom. The number of hydrogen-bond donors (Lipinski definition) is 1. The molecule has 1 saturated carbocycles. The third kappa shape index (κ3) is 6.18. The lowest BCUT2D eigenvalue weighted by Gasteiger charge is -2.43. The molecule has 0 spiro atoms. The Bertz CT molecular complexity index is 1350. The lowest BCUT2D eigenvalue weighted by molar-refractivity contribution is -0.122. The maximum atomic E-state index is 13.1. The first kappa shape index (κ1) is 26.8. The Morgan fingerprint density at radius 1 is 1.16 bits per heavy atom. The number of hydrogen-bond acceptors (Lipinski definition) is 8. The highest BCUT2D eigenvalue weighted by Gasteiger charge is 2.38. The van der Waals surface area contributed by atoms with E-state index in [1.54, 1.807) is 26.0 Å². The van der Waals surface area contributed by atoms with Crippen LogP contribution in [-0.2, 0) is 26.8 Å². The van der Waals surface area contributed by atoms with Crippen LogP contribution in [0.15, 0.2) is 46.1 Å². The third-order valence-corrected chi connectivity index (χ3v) is 9.06. The van der Waals surface area contributed by atoms with Gasteiger partial charge in [-0.25, -0.2) is 8.42 Å². The van der Waals surface area contributed by atoms with Crippen LogP contribution < -0.4 is 10.1 Å². The van der Waals surface area contributed by atoms with E-state index in [2.05, 4.69) is 46.4 Å². The predicted octanol–water partition coefficient (Wildman–Crippen LogP) is 4.09. The number of sulfone groups is 1. The van der Waals surface area contributed by atoms with Crippen molar-refractivity contribution < 1.29 is 22.5 Å². The molecule has 37 heavy (non-hydrogen) atoms. The molecule has 0 radical (unpaired) electrons. The Morgan fingerprint density at radius 2 is 1.84 bits per heavy atom. The summed E-state index contributed by atoms with van der Waals surface area (Å²) < 4.78 is 36.6. The van der Waals surface area contributed by atoms with Crippen molar-refractivity contribution in [3.63, 3.8) is 0 Å². The largest absolute Gasteiger partial charge is 0.497 e. The smallest absolute Gasteiger partial charge is 0.236 e. The summed E-state index contributed by atoms with van der Waals surface area (Å²) in [6, 6.07) is 7.49. The summed E-state index contributed by atoms with van der Waals surface area (Å²) in [5.41, 5.74) is 2.35. The predicted molar refractivity (Wildman–Crippen MR) is 138 cm³/mol. The first-order valence-electron chi connectivity index (χ1n) is 12.4. The maximum absolute atomic E-state index is 13.1. The Kier molecular flexibility index (Phi) is 7.68. The van der Waals surface area contributed by atoms with Gasteiger partial charge >= 0.3 is 0 Å². The monoisotopic (exact) mass is 526 g/mol. The van der Waals surface area contributed by atoms with Crippen molar-refractivity contribution >= 4 is 15.7 Å². The molecule has 1 aliphatic carbocycles. The van der Waals surface area contributed by atoms with E-state index in [-0.39, 0.29) is 40.4 Å². The Labute approximate surface area is 218 Å². The molecule has 9 nitrogen and oxygen atoms in total. The molecular weight excluding hydrogens is 492 g/mol. The summed E-state index contributed by atoms with van der Waals surface area (Å²) in [6.45, 7) is 7.79. The molecule has 0 saturated heterocycles. The summed E-state index contributed by atoms with van der Waals surface area (Å²) in [5, 5.41) is 6.95. The van der Waals surface area contributed by atoms with Crippen molar-refractivity contribution in [2.75, 3.05) is 7.11 Å². The molecule has 1 aromatic carbocycles. The molecule has 10 heteroatoms. The number of aromatic nitrogens is 3. The van der Waals surface area contributed by atoms with Crippen LogP contribution in [0.5, 0.6) is 5.75 Å². The van der Waals surface area contributed by atoms with Crippen LogP contribution in [0, 0.1) is 19.3 Å². The first-order valence-corrected chi connectivity index (χ1v) is 14.0. The van der Waals surface area contributed by atoms with E-state index in [1.165, 1.54) is 12.7 Å². The zero-order valence-corrected chi connectivity index (χ0v) is 22.8. The molecule has 3 aromatic rings.